The topological polar surface area (TPSA) is 42.1 Å². The number of nitrogens with zero attached hydrogens (tertiary/aromatic N) is 2. The number of anilines is 2. The summed E-state index contributed by atoms with van der Waals surface area (Å²) in [4.78, 5) is 6.83. The molecule has 15 heavy (non-hydrogen) atoms. The van der Waals surface area contributed by atoms with Gasteiger partial charge in [0.25, 0.3) is 0 Å². The van der Waals surface area contributed by atoms with E-state index in [1.807, 2.05) is 6.07 Å². The third-order valence-electron chi connectivity index (χ3n) is 2.98. The summed E-state index contributed by atoms with van der Waals surface area (Å²) >= 11 is 0. The third kappa shape index (κ3) is 2.41. The quantitative estimate of drug-likeness (QED) is 0.765. The standard InChI is InChI=1S/C12H19N3/c1-10-8-11(13)9-14-12(10)15-6-4-2-3-5-7-15/h8-9H,2-7,13H2,1H3. The molecule has 2 rings (SSSR count). The SMILES string of the molecule is Cc1cc(N)cnc1N1CCCCCC1. The summed E-state index contributed by atoms with van der Waals surface area (Å²) in [7, 11) is 0. The van der Waals surface area contributed by atoms with Crippen LogP contribution >= 0.6 is 0 Å². The molecule has 1 aliphatic heterocycles. The number of pyridine rings is 1. The smallest absolute Gasteiger partial charge is 0.131 e. The van der Waals surface area contributed by atoms with Gasteiger partial charge in [0.2, 0.25) is 0 Å². The Bertz CT molecular complexity index is 328. The summed E-state index contributed by atoms with van der Waals surface area (Å²) in [5.41, 5.74) is 7.65. The summed E-state index contributed by atoms with van der Waals surface area (Å²) in [6.45, 7) is 4.36. The molecule has 1 aliphatic rings. The van der Waals surface area contributed by atoms with Gasteiger partial charge in [-0.3, -0.25) is 0 Å². The van der Waals surface area contributed by atoms with Crippen LogP contribution in [0.25, 0.3) is 0 Å². The monoisotopic (exact) mass is 205 g/mol. The van der Waals surface area contributed by atoms with Crippen LogP contribution in [0.4, 0.5) is 11.5 Å². The van der Waals surface area contributed by atoms with E-state index in [2.05, 4.69) is 16.8 Å². The number of rotatable bonds is 1. The average molecular weight is 205 g/mol. The van der Waals surface area contributed by atoms with Crippen LogP contribution in [0.3, 0.4) is 0 Å². The van der Waals surface area contributed by atoms with Crippen molar-refractivity contribution in [1.82, 2.24) is 4.98 Å². The van der Waals surface area contributed by atoms with Crippen LogP contribution in [0.1, 0.15) is 31.2 Å². The van der Waals surface area contributed by atoms with Crippen LogP contribution in [0.2, 0.25) is 0 Å². The van der Waals surface area contributed by atoms with E-state index in [0.29, 0.717) is 0 Å². The van der Waals surface area contributed by atoms with Gasteiger partial charge in [0.05, 0.1) is 11.9 Å². The van der Waals surface area contributed by atoms with Crippen molar-refractivity contribution in [1.29, 1.82) is 0 Å². The minimum absolute atomic E-state index is 0.756. The molecule has 0 aliphatic carbocycles. The van der Waals surface area contributed by atoms with Crippen molar-refractivity contribution in [3.63, 3.8) is 0 Å². The Hall–Kier alpha value is -1.25. The zero-order valence-corrected chi connectivity index (χ0v) is 9.37. The number of nitrogen functional groups attached to an aromatic ring is 1. The Morgan fingerprint density at radius 3 is 2.47 bits per heavy atom. The van der Waals surface area contributed by atoms with Crippen molar-refractivity contribution in [2.45, 2.75) is 32.6 Å². The molecule has 2 heterocycles. The fraction of sp³-hybridized carbons (Fsp3) is 0.583. The van der Waals surface area contributed by atoms with E-state index in [4.69, 9.17) is 5.73 Å². The molecule has 0 bridgehead atoms. The van der Waals surface area contributed by atoms with Gasteiger partial charge in [-0.05, 0) is 31.4 Å². The molecule has 82 valence electrons. The van der Waals surface area contributed by atoms with Crippen LogP contribution < -0.4 is 10.6 Å². The lowest BCUT2D eigenvalue weighted by Gasteiger charge is -2.23. The summed E-state index contributed by atoms with van der Waals surface area (Å²) in [6.07, 6.45) is 7.03. The normalized spacial score (nSPS) is 17.5. The molecule has 1 fully saturated rings. The summed E-state index contributed by atoms with van der Waals surface area (Å²) in [5.74, 6) is 1.12. The van der Waals surface area contributed by atoms with Crippen LogP contribution in [-0.2, 0) is 0 Å². The lowest BCUT2D eigenvalue weighted by Crippen LogP contribution is -2.25. The summed E-state index contributed by atoms with van der Waals surface area (Å²) in [5, 5.41) is 0. The molecule has 0 amide bonds. The van der Waals surface area contributed by atoms with Crippen LogP contribution in [0.15, 0.2) is 12.3 Å². The Kier molecular flexibility index (Phi) is 3.09. The van der Waals surface area contributed by atoms with Gasteiger partial charge in [0.15, 0.2) is 0 Å². The number of nitrogens with two attached hydrogens (primary N) is 1. The summed E-state index contributed by atoms with van der Waals surface area (Å²) < 4.78 is 0. The molecule has 0 unspecified atom stereocenters. The van der Waals surface area contributed by atoms with Crippen molar-refractivity contribution in [3.8, 4) is 0 Å². The van der Waals surface area contributed by atoms with Crippen molar-refractivity contribution >= 4 is 11.5 Å². The molecule has 1 aromatic heterocycles. The van der Waals surface area contributed by atoms with E-state index >= 15 is 0 Å². The van der Waals surface area contributed by atoms with Gasteiger partial charge >= 0.3 is 0 Å². The molecule has 3 heteroatoms. The van der Waals surface area contributed by atoms with E-state index < -0.39 is 0 Å². The van der Waals surface area contributed by atoms with Gasteiger partial charge in [-0.15, -0.1) is 0 Å². The maximum absolute atomic E-state index is 5.71. The Morgan fingerprint density at radius 2 is 1.87 bits per heavy atom. The Labute approximate surface area is 91.3 Å². The second-order valence-corrected chi connectivity index (χ2v) is 4.31. The molecule has 1 aromatic rings. The Balaban J connectivity index is 2.19. The molecular formula is C12H19N3. The molecule has 3 nitrogen and oxygen atoms in total. The maximum atomic E-state index is 5.71. The minimum Gasteiger partial charge on any atom is -0.397 e. The molecule has 1 saturated heterocycles. The molecule has 0 atom stereocenters. The van der Waals surface area contributed by atoms with Crippen LogP contribution in [0.5, 0.6) is 0 Å². The highest BCUT2D eigenvalue weighted by atomic mass is 15.2. The molecule has 0 spiro atoms. The highest BCUT2D eigenvalue weighted by molar-refractivity contribution is 5.52. The zero-order valence-electron chi connectivity index (χ0n) is 9.37. The van der Waals surface area contributed by atoms with E-state index in [-0.39, 0.29) is 0 Å². The number of aromatic nitrogens is 1. The molecule has 2 N–H and O–H groups in total. The van der Waals surface area contributed by atoms with Gasteiger partial charge in [0, 0.05) is 13.1 Å². The molecule has 0 radical (unpaired) electrons. The average Bonchev–Trinajstić information content (AvgIpc) is 2.46. The van der Waals surface area contributed by atoms with E-state index in [9.17, 15) is 0 Å². The van der Waals surface area contributed by atoms with Crippen molar-refractivity contribution in [3.05, 3.63) is 17.8 Å². The molecule has 0 saturated carbocycles. The van der Waals surface area contributed by atoms with Gasteiger partial charge in [-0.2, -0.15) is 0 Å². The van der Waals surface area contributed by atoms with Crippen LogP contribution in [0, 0.1) is 6.92 Å². The number of aryl methyl sites for hydroxylation is 1. The lowest BCUT2D eigenvalue weighted by atomic mass is 10.2. The predicted octanol–water partition coefficient (Wildman–Crippen LogP) is 2.35. The van der Waals surface area contributed by atoms with Crippen molar-refractivity contribution < 1.29 is 0 Å². The Morgan fingerprint density at radius 1 is 1.20 bits per heavy atom. The first-order chi connectivity index (χ1) is 7.27. The lowest BCUT2D eigenvalue weighted by molar-refractivity contribution is 0.726. The van der Waals surface area contributed by atoms with Gasteiger partial charge in [-0.1, -0.05) is 12.8 Å². The fourth-order valence-electron chi connectivity index (χ4n) is 2.20. The highest BCUT2D eigenvalue weighted by Gasteiger charge is 2.12. The van der Waals surface area contributed by atoms with Gasteiger partial charge < -0.3 is 10.6 Å². The predicted molar refractivity (Wildman–Crippen MR) is 64.1 cm³/mol. The van der Waals surface area contributed by atoms with Crippen molar-refractivity contribution in [2.24, 2.45) is 0 Å². The first-order valence-electron chi connectivity index (χ1n) is 5.74. The molecule has 0 aromatic carbocycles. The van der Waals surface area contributed by atoms with E-state index in [0.717, 1.165) is 24.6 Å². The highest BCUT2D eigenvalue weighted by Crippen LogP contribution is 2.22. The maximum Gasteiger partial charge on any atom is 0.131 e. The van der Waals surface area contributed by atoms with Gasteiger partial charge in [0.1, 0.15) is 5.82 Å². The zero-order chi connectivity index (χ0) is 10.7. The van der Waals surface area contributed by atoms with E-state index in [1.165, 1.54) is 31.2 Å². The first kappa shape index (κ1) is 10.3. The third-order valence-corrected chi connectivity index (χ3v) is 2.98. The summed E-state index contributed by atoms with van der Waals surface area (Å²) in [6, 6.07) is 2.01. The number of hydrogen-bond acceptors (Lipinski definition) is 3. The molecular weight excluding hydrogens is 186 g/mol. The van der Waals surface area contributed by atoms with Gasteiger partial charge in [-0.25, -0.2) is 4.98 Å². The number of hydrogen-bond donors (Lipinski definition) is 1. The second-order valence-electron chi connectivity index (χ2n) is 4.31. The minimum atomic E-state index is 0.756. The van der Waals surface area contributed by atoms with Crippen molar-refractivity contribution in [2.75, 3.05) is 23.7 Å². The fourth-order valence-corrected chi connectivity index (χ4v) is 2.20. The second kappa shape index (κ2) is 4.51. The van der Waals surface area contributed by atoms with Crippen LogP contribution in [-0.4, -0.2) is 18.1 Å². The largest absolute Gasteiger partial charge is 0.397 e. The van der Waals surface area contributed by atoms with E-state index in [1.54, 1.807) is 6.20 Å². The first-order valence-corrected chi connectivity index (χ1v) is 5.74.